The Bertz CT molecular complexity index is 341. The van der Waals surface area contributed by atoms with Crippen molar-refractivity contribution in [1.29, 1.82) is 0 Å². The van der Waals surface area contributed by atoms with Crippen molar-refractivity contribution in [2.75, 3.05) is 13.7 Å². The van der Waals surface area contributed by atoms with Crippen molar-refractivity contribution in [2.24, 2.45) is 5.73 Å². The molecule has 70 valence electrons. The number of ether oxygens (including phenoxy) is 2. The van der Waals surface area contributed by atoms with Gasteiger partial charge >= 0.3 is 0 Å². The second kappa shape index (κ2) is 2.88. The summed E-state index contributed by atoms with van der Waals surface area (Å²) in [5, 5.41) is 0. The SMILES string of the molecule is COc1cc(F)c2c(c1)[C@H](N)CO2. The van der Waals surface area contributed by atoms with E-state index in [0.29, 0.717) is 17.9 Å². The summed E-state index contributed by atoms with van der Waals surface area (Å²) in [6.45, 7) is 0.333. The van der Waals surface area contributed by atoms with Crippen molar-refractivity contribution >= 4 is 0 Å². The monoisotopic (exact) mass is 183 g/mol. The quantitative estimate of drug-likeness (QED) is 0.712. The summed E-state index contributed by atoms with van der Waals surface area (Å²) >= 11 is 0. The van der Waals surface area contributed by atoms with Crippen LogP contribution >= 0.6 is 0 Å². The van der Waals surface area contributed by atoms with Gasteiger partial charge in [0, 0.05) is 11.6 Å². The first-order valence-electron chi connectivity index (χ1n) is 3.98. The fourth-order valence-electron chi connectivity index (χ4n) is 1.40. The van der Waals surface area contributed by atoms with Gasteiger partial charge < -0.3 is 15.2 Å². The molecule has 0 spiro atoms. The number of methoxy groups -OCH3 is 1. The van der Waals surface area contributed by atoms with Crippen molar-refractivity contribution in [1.82, 2.24) is 0 Å². The lowest BCUT2D eigenvalue weighted by Crippen LogP contribution is -2.10. The average Bonchev–Trinajstić information content (AvgIpc) is 2.48. The molecule has 1 aromatic carbocycles. The lowest BCUT2D eigenvalue weighted by atomic mass is 10.1. The molecule has 0 unspecified atom stereocenters. The van der Waals surface area contributed by atoms with Crippen LogP contribution in [0.5, 0.6) is 11.5 Å². The third-order valence-corrected chi connectivity index (χ3v) is 2.09. The molecule has 13 heavy (non-hydrogen) atoms. The second-order valence-electron chi connectivity index (χ2n) is 2.95. The van der Waals surface area contributed by atoms with Gasteiger partial charge in [0.15, 0.2) is 11.6 Å². The van der Waals surface area contributed by atoms with Crippen LogP contribution in [0.15, 0.2) is 12.1 Å². The van der Waals surface area contributed by atoms with Crippen LogP contribution in [0.3, 0.4) is 0 Å². The summed E-state index contributed by atoms with van der Waals surface area (Å²) < 4.78 is 23.3. The molecule has 0 aliphatic carbocycles. The van der Waals surface area contributed by atoms with Gasteiger partial charge in [-0.1, -0.05) is 0 Å². The zero-order chi connectivity index (χ0) is 9.42. The number of hydrogen-bond donors (Lipinski definition) is 1. The minimum Gasteiger partial charge on any atom is -0.497 e. The predicted molar refractivity (Wildman–Crippen MR) is 45.4 cm³/mol. The molecule has 4 heteroatoms. The Hall–Kier alpha value is -1.29. The van der Waals surface area contributed by atoms with Gasteiger partial charge in [0.1, 0.15) is 12.4 Å². The topological polar surface area (TPSA) is 44.5 Å². The number of rotatable bonds is 1. The molecular weight excluding hydrogens is 173 g/mol. The Kier molecular flexibility index (Phi) is 1.84. The molecule has 0 fully saturated rings. The maximum Gasteiger partial charge on any atom is 0.169 e. The highest BCUT2D eigenvalue weighted by Gasteiger charge is 2.24. The van der Waals surface area contributed by atoms with Gasteiger partial charge in [-0.05, 0) is 6.07 Å². The third kappa shape index (κ3) is 1.23. The van der Waals surface area contributed by atoms with Crippen molar-refractivity contribution in [3.63, 3.8) is 0 Å². The molecular formula is C9H10FNO2. The van der Waals surface area contributed by atoms with Crippen LogP contribution in [0.25, 0.3) is 0 Å². The van der Waals surface area contributed by atoms with E-state index in [-0.39, 0.29) is 11.8 Å². The maximum atomic E-state index is 13.3. The number of hydrogen-bond acceptors (Lipinski definition) is 3. The second-order valence-corrected chi connectivity index (χ2v) is 2.95. The van der Waals surface area contributed by atoms with Crippen LogP contribution < -0.4 is 15.2 Å². The first-order chi connectivity index (χ1) is 6.22. The molecule has 1 aromatic rings. The van der Waals surface area contributed by atoms with E-state index in [0.717, 1.165) is 0 Å². The highest BCUT2D eigenvalue weighted by Crippen LogP contribution is 2.36. The Labute approximate surface area is 75.3 Å². The summed E-state index contributed by atoms with van der Waals surface area (Å²) in [7, 11) is 1.49. The zero-order valence-electron chi connectivity index (χ0n) is 7.21. The van der Waals surface area contributed by atoms with Gasteiger partial charge in [0.25, 0.3) is 0 Å². The van der Waals surface area contributed by atoms with E-state index in [1.165, 1.54) is 13.2 Å². The summed E-state index contributed by atoms with van der Waals surface area (Å²) in [6, 6.07) is 2.74. The van der Waals surface area contributed by atoms with Crippen molar-refractivity contribution in [2.45, 2.75) is 6.04 Å². The Morgan fingerprint density at radius 1 is 1.62 bits per heavy atom. The molecule has 0 aromatic heterocycles. The first-order valence-corrected chi connectivity index (χ1v) is 3.98. The number of benzene rings is 1. The molecule has 1 aliphatic heterocycles. The molecule has 0 saturated carbocycles. The van der Waals surface area contributed by atoms with E-state index in [1.807, 2.05) is 0 Å². The summed E-state index contributed by atoms with van der Waals surface area (Å²) in [6.07, 6.45) is 0. The predicted octanol–water partition coefficient (Wildman–Crippen LogP) is 1.23. The molecule has 2 rings (SSSR count). The van der Waals surface area contributed by atoms with Gasteiger partial charge in [-0.15, -0.1) is 0 Å². The van der Waals surface area contributed by atoms with E-state index < -0.39 is 5.82 Å². The Morgan fingerprint density at radius 2 is 2.38 bits per heavy atom. The van der Waals surface area contributed by atoms with E-state index in [4.69, 9.17) is 15.2 Å². The van der Waals surface area contributed by atoms with Crippen LogP contribution in [-0.2, 0) is 0 Å². The van der Waals surface area contributed by atoms with Gasteiger partial charge in [0.05, 0.1) is 13.2 Å². The fourth-order valence-corrected chi connectivity index (χ4v) is 1.40. The van der Waals surface area contributed by atoms with Crippen LogP contribution in [0, 0.1) is 5.82 Å². The van der Waals surface area contributed by atoms with E-state index in [1.54, 1.807) is 6.07 Å². The number of nitrogens with two attached hydrogens (primary N) is 1. The van der Waals surface area contributed by atoms with Crippen LogP contribution in [0.1, 0.15) is 11.6 Å². The maximum absolute atomic E-state index is 13.3. The molecule has 3 nitrogen and oxygen atoms in total. The molecule has 0 radical (unpaired) electrons. The summed E-state index contributed by atoms with van der Waals surface area (Å²) in [5.41, 5.74) is 6.37. The smallest absolute Gasteiger partial charge is 0.169 e. The molecule has 0 saturated heterocycles. The lowest BCUT2D eigenvalue weighted by molar-refractivity contribution is 0.318. The molecule has 1 atom stereocenters. The summed E-state index contributed by atoms with van der Waals surface area (Å²) in [5.74, 6) is 0.313. The van der Waals surface area contributed by atoms with Crippen LogP contribution in [-0.4, -0.2) is 13.7 Å². The number of fused-ring (bicyclic) bond motifs is 1. The normalized spacial score (nSPS) is 19.5. The van der Waals surface area contributed by atoms with Crippen molar-refractivity contribution < 1.29 is 13.9 Å². The summed E-state index contributed by atoms with van der Waals surface area (Å²) in [4.78, 5) is 0. The number of halogens is 1. The fraction of sp³-hybridized carbons (Fsp3) is 0.333. The van der Waals surface area contributed by atoms with E-state index >= 15 is 0 Å². The molecule has 0 bridgehead atoms. The Morgan fingerprint density at radius 3 is 3.08 bits per heavy atom. The van der Waals surface area contributed by atoms with Gasteiger partial charge in [0.2, 0.25) is 0 Å². The standard InChI is InChI=1S/C9H10FNO2/c1-12-5-2-6-8(11)4-13-9(6)7(10)3-5/h2-3,8H,4,11H2,1H3/t8-/m1/s1. The molecule has 2 N–H and O–H groups in total. The minimum atomic E-state index is -0.415. The Balaban J connectivity index is 2.53. The zero-order valence-corrected chi connectivity index (χ0v) is 7.21. The van der Waals surface area contributed by atoms with E-state index in [9.17, 15) is 4.39 Å². The highest BCUT2D eigenvalue weighted by atomic mass is 19.1. The van der Waals surface area contributed by atoms with E-state index in [2.05, 4.69) is 0 Å². The molecule has 1 aliphatic rings. The van der Waals surface area contributed by atoms with Crippen LogP contribution in [0.4, 0.5) is 4.39 Å². The molecule has 0 amide bonds. The van der Waals surface area contributed by atoms with Crippen molar-refractivity contribution in [3.8, 4) is 11.5 Å². The van der Waals surface area contributed by atoms with Gasteiger partial charge in [-0.3, -0.25) is 0 Å². The third-order valence-electron chi connectivity index (χ3n) is 2.09. The minimum absolute atomic E-state index is 0.250. The average molecular weight is 183 g/mol. The van der Waals surface area contributed by atoms with Gasteiger partial charge in [-0.2, -0.15) is 0 Å². The van der Waals surface area contributed by atoms with Gasteiger partial charge in [-0.25, -0.2) is 4.39 Å². The van der Waals surface area contributed by atoms with Crippen LogP contribution in [0.2, 0.25) is 0 Å². The van der Waals surface area contributed by atoms with Crippen molar-refractivity contribution in [3.05, 3.63) is 23.5 Å². The largest absolute Gasteiger partial charge is 0.497 e. The highest BCUT2D eigenvalue weighted by molar-refractivity contribution is 5.45. The molecule has 1 heterocycles. The lowest BCUT2D eigenvalue weighted by Gasteiger charge is -2.05. The first kappa shape index (κ1) is 8.31.